The largest absolute Gasteiger partial charge is 0.443 e. The summed E-state index contributed by atoms with van der Waals surface area (Å²) >= 11 is 0. The zero-order valence-corrected chi connectivity index (χ0v) is 9.21. The summed E-state index contributed by atoms with van der Waals surface area (Å²) in [6, 6.07) is 0. The van der Waals surface area contributed by atoms with Crippen LogP contribution in [0.5, 0.6) is 0 Å². The Bertz CT molecular complexity index is 237. The normalized spacial score (nSPS) is 24.6. The van der Waals surface area contributed by atoms with Gasteiger partial charge < -0.3 is 15.4 Å². The van der Waals surface area contributed by atoms with E-state index in [-0.39, 0.29) is 11.7 Å². The molecular formula is C11H20N2O2. The second-order valence-corrected chi connectivity index (χ2v) is 4.64. The van der Waals surface area contributed by atoms with Crippen molar-refractivity contribution in [2.45, 2.75) is 44.1 Å². The number of hydrogen-bond acceptors (Lipinski definition) is 3. The highest BCUT2D eigenvalue weighted by Crippen LogP contribution is 2.38. The number of amides is 1. The molecule has 0 aromatic carbocycles. The van der Waals surface area contributed by atoms with Crippen molar-refractivity contribution in [2.75, 3.05) is 19.6 Å². The number of nitrogens with two attached hydrogens (primary N) is 1. The highest BCUT2D eigenvalue weighted by Gasteiger charge is 2.42. The zero-order chi connectivity index (χ0) is 10.7. The summed E-state index contributed by atoms with van der Waals surface area (Å²) < 4.78 is 5.59. The Kier molecular flexibility index (Phi) is 3.14. The van der Waals surface area contributed by atoms with Crippen molar-refractivity contribution in [3.05, 3.63) is 0 Å². The Balaban J connectivity index is 1.88. The standard InChI is InChI=1S/C11H20N2O2/c12-7-3-8-13-9-6-11(15-10(13)14)4-1-2-5-11/h1-9,12H2. The van der Waals surface area contributed by atoms with E-state index in [2.05, 4.69) is 0 Å². The lowest BCUT2D eigenvalue weighted by atomic mass is 9.96. The van der Waals surface area contributed by atoms with Gasteiger partial charge in [0.2, 0.25) is 0 Å². The van der Waals surface area contributed by atoms with Crippen LogP contribution in [0, 0.1) is 0 Å². The van der Waals surface area contributed by atoms with Crippen molar-refractivity contribution in [3.8, 4) is 0 Å². The summed E-state index contributed by atoms with van der Waals surface area (Å²) in [5, 5.41) is 0. The zero-order valence-electron chi connectivity index (χ0n) is 9.21. The molecule has 0 bridgehead atoms. The topological polar surface area (TPSA) is 55.6 Å². The van der Waals surface area contributed by atoms with E-state index in [0.29, 0.717) is 6.54 Å². The van der Waals surface area contributed by atoms with E-state index in [1.165, 1.54) is 12.8 Å². The fourth-order valence-corrected chi connectivity index (χ4v) is 2.59. The molecule has 0 aromatic rings. The van der Waals surface area contributed by atoms with Crippen LogP contribution in [0.2, 0.25) is 0 Å². The summed E-state index contributed by atoms with van der Waals surface area (Å²) in [5.74, 6) is 0. The molecule has 1 saturated heterocycles. The van der Waals surface area contributed by atoms with Crippen molar-refractivity contribution < 1.29 is 9.53 Å². The van der Waals surface area contributed by atoms with Gasteiger partial charge in [-0.05, 0) is 38.6 Å². The monoisotopic (exact) mass is 212 g/mol. The first-order chi connectivity index (χ1) is 7.26. The number of hydrogen-bond donors (Lipinski definition) is 1. The summed E-state index contributed by atoms with van der Waals surface area (Å²) in [5.41, 5.74) is 5.33. The molecule has 1 aliphatic heterocycles. The molecule has 1 amide bonds. The van der Waals surface area contributed by atoms with Gasteiger partial charge in [0.15, 0.2) is 0 Å². The van der Waals surface area contributed by atoms with Crippen LogP contribution in [-0.4, -0.2) is 36.2 Å². The minimum Gasteiger partial charge on any atom is -0.443 e. The number of carbonyl (C=O) groups is 1. The first kappa shape index (κ1) is 10.7. The minimum absolute atomic E-state index is 0.101. The number of rotatable bonds is 3. The van der Waals surface area contributed by atoms with Crippen molar-refractivity contribution in [2.24, 2.45) is 5.73 Å². The van der Waals surface area contributed by atoms with Gasteiger partial charge in [0, 0.05) is 19.5 Å². The summed E-state index contributed by atoms with van der Waals surface area (Å²) in [7, 11) is 0. The van der Waals surface area contributed by atoms with Crippen molar-refractivity contribution in [1.82, 2.24) is 4.90 Å². The van der Waals surface area contributed by atoms with Crippen LogP contribution in [0.1, 0.15) is 38.5 Å². The first-order valence-electron chi connectivity index (χ1n) is 5.94. The van der Waals surface area contributed by atoms with Gasteiger partial charge >= 0.3 is 6.09 Å². The quantitative estimate of drug-likeness (QED) is 0.771. The lowest BCUT2D eigenvalue weighted by Crippen LogP contribution is -2.48. The van der Waals surface area contributed by atoms with Crippen LogP contribution < -0.4 is 5.73 Å². The van der Waals surface area contributed by atoms with Crippen molar-refractivity contribution in [3.63, 3.8) is 0 Å². The molecule has 4 nitrogen and oxygen atoms in total. The van der Waals surface area contributed by atoms with Gasteiger partial charge in [-0.1, -0.05) is 0 Å². The van der Waals surface area contributed by atoms with Gasteiger partial charge in [0.1, 0.15) is 5.60 Å². The lowest BCUT2D eigenvalue weighted by molar-refractivity contribution is -0.0439. The molecule has 2 N–H and O–H groups in total. The van der Waals surface area contributed by atoms with Gasteiger partial charge in [-0.3, -0.25) is 0 Å². The maximum absolute atomic E-state index is 11.7. The highest BCUT2D eigenvalue weighted by atomic mass is 16.6. The molecule has 1 spiro atoms. The fourth-order valence-electron chi connectivity index (χ4n) is 2.59. The molecule has 4 heteroatoms. The summed E-state index contributed by atoms with van der Waals surface area (Å²) in [6.45, 7) is 2.22. The van der Waals surface area contributed by atoms with Gasteiger partial charge in [-0.2, -0.15) is 0 Å². The molecule has 1 heterocycles. The molecule has 2 fully saturated rings. The van der Waals surface area contributed by atoms with Crippen molar-refractivity contribution >= 4 is 6.09 Å². The minimum atomic E-state index is -0.128. The fraction of sp³-hybridized carbons (Fsp3) is 0.909. The molecule has 2 aliphatic rings. The molecule has 15 heavy (non-hydrogen) atoms. The van der Waals surface area contributed by atoms with E-state index in [4.69, 9.17) is 10.5 Å². The molecule has 1 saturated carbocycles. The SMILES string of the molecule is NCCCN1CCC2(CCCC2)OC1=O. The molecule has 1 aliphatic carbocycles. The molecular weight excluding hydrogens is 192 g/mol. The Labute approximate surface area is 90.8 Å². The first-order valence-corrected chi connectivity index (χ1v) is 5.94. The molecule has 0 aromatic heterocycles. The third kappa shape index (κ3) is 2.25. The Morgan fingerprint density at radius 3 is 2.67 bits per heavy atom. The average molecular weight is 212 g/mol. The van der Waals surface area contributed by atoms with Gasteiger partial charge in [-0.25, -0.2) is 4.79 Å². The summed E-state index contributed by atoms with van der Waals surface area (Å²) in [6.07, 6.45) is 6.27. The van der Waals surface area contributed by atoms with E-state index in [9.17, 15) is 4.79 Å². The van der Waals surface area contributed by atoms with E-state index in [1.807, 2.05) is 0 Å². The van der Waals surface area contributed by atoms with E-state index in [1.54, 1.807) is 4.90 Å². The van der Waals surface area contributed by atoms with Crippen LogP contribution in [-0.2, 0) is 4.74 Å². The molecule has 0 radical (unpaired) electrons. The van der Waals surface area contributed by atoms with Crippen LogP contribution in [0.25, 0.3) is 0 Å². The number of nitrogens with zero attached hydrogens (tertiary/aromatic N) is 1. The third-order valence-electron chi connectivity index (χ3n) is 3.55. The van der Waals surface area contributed by atoms with E-state index >= 15 is 0 Å². The lowest BCUT2D eigenvalue weighted by Gasteiger charge is -2.38. The Morgan fingerprint density at radius 1 is 1.33 bits per heavy atom. The average Bonchev–Trinajstić information content (AvgIpc) is 2.66. The maximum atomic E-state index is 11.7. The van der Waals surface area contributed by atoms with E-state index < -0.39 is 0 Å². The predicted molar refractivity (Wildman–Crippen MR) is 57.5 cm³/mol. The molecule has 86 valence electrons. The Hall–Kier alpha value is -0.770. The van der Waals surface area contributed by atoms with Crippen LogP contribution >= 0.6 is 0 Å². The van der Waals surface area contributed by atoms with Gasteiger partial charge in [0.05, 0.1) is 0 Å². The second kappa shape index (κ2) is 4.39. The maximum Gasteiger partial charge on any atom is 0.410 e. The van der Waals surface area contributed by atoms with Crippen molar-refractivity contribution in [1.29, 1.82) is 0 Å². The number of ether oxygens (including phenoxy) is 1. The van der Waals surface area contributed by atoms with E-state index in [0.717, 1.165) is 38.8 Å². The molecule has 0 atom stereocenters. The van der Waals surface area contributed by atoms with Crippen LogP contribution in [0.4, 0.5) is 4.79 Å². The molecule has 0 unspecified atom stereocenters. The Morgan fingerprint density at radius 2 is 2.07 bits per heavy atom. The second-order valence-electron chi connectivity index (χ2n) is 4.64. The number of carbonyl (C=O) groups excluding carboxylic acids is 1. The van der Waals surface area contributed by atoms with Gasteiger partial charge in [-0.15, -0.1) is 0 Å². The highest BCUT2D eigenvalue weighted by molar-refractivity contribution is 5.69. The van der Waals surface area contributed by atoms with Crippen LogP contribution in [0.3, 0.4) is 0 Å². The predicted octanol–water partition coefficient (Wildman–Crippen LogP) is 1.49. The summed E-state index contributed by atoms with van der Waals surface area (Å²) in [4.78, 5) is 13.5. The van der Waals surface area contributed by atoms with Crippen LogP contribution in [0.15, 0.2) is 0 Å². The third-order valence-corrected chi connectivity index (χ3v) is 3.55. The smallest absolute Gasteiger partial charge is 0.410 e. The molecule has 2 rings (SSSR count). The van der Waals surface area contributed by atoms with Gasteiger partial charge in [0.25, 0.3) is 0 Å².